The maximum atomic E-state index is 14.8. The fraction of sp³-hybridized carbons (Fsp3) is 0.133. The quantitative estimate of drug-likeness (QED) is 0.777. The van der Waals surface area contributed by atoms with Crippen LogP contribution in [0.2, 0.25) is 15.1 Å². The van der Waals surface area contributed by atoms with Gasteiger partial charge in [0.2, 0.25) is 5.91 Å². The SMILES string of the molecule is COC(=O)c1nc(-c2ccc(Cl)cc2Cl)c(F)c(NC(C)=O)c1Cl. The summed E-state index contributed by atoms with van der Waals surface area (Å²) in [5, 5.41) is 2.32. The molecule has 0 fully saturated rings. The second kappa shape index (κ2) is 7.34. The van der Waals surface area contributed by atoms with Crippen LogP contribution in [0.3, 0.4) is 0 Å². The predicted molar refractivity (Wildman–Crippen MR) is 90.3 cm³/mol. The second-order valence-electron chi connectivity index (χ2n) is 4.61. The number of rotatable bonds is 3. The Labute approximate surface area is 151 Å². The molecule has 9 heteroatoms. The van der Waals surface area contributed by atoms with Gasteiger partial charge in [0.05, 0.1) is 12.1 Å². The Morgan fingerprint density at radius 2 is 1.92 bits per heavy atom. The van der Waals surface area contributed by atoms with Crippen molar-refractivity contribution in [3.63, 3.8) is 0 Å². The van der Waals surface area contributed by atoms with Gasteiger partial charge in [-0.1, -0.05) is 34.8 Å². The Bertz CT molecular complexity index is 843. The molecule has 1 aromatic heterocycles. The minimum absolute atomic E-state index is 0.112. The number of esters is 1. The summed E-state index contributed by atoms with van der Waals surface area (Å²) in [5.74, 6) is -2.41. The molecule has 2 rings (SSSR count). The number of halogens is 4. The van der Waals surface area contributed by atoms with E-state index in [9.17, 15) is 14.0 Å². The highest BCUT2D eigenvalue weighted by Crippen LogP contribution is 2.37. The maximum absolute atomic E-state index is 14.8. The molecule has 1 N–H and O–H groups in total. The molecule has 0 aliphatic carbocycles. The fourth-order valence-electron chi connectivity index (χ4n) is 1.92. The van der Waals surface area contributed by atoms with Crippen LogP contribution in [0.4, 0.5) is 10.1 Å². The van der Waals surface area contributed by atoms with Gasteiger partial charge < -0.3 is 10.1 Å². The minimum Gasteiger partial charge on any atom is -0.464 e. The van der Waals surface area contributed by atoms with Crippen LogP contribution < -0.4 is 5.32 Å². The van der Waals surface area contributed by atoms with Crippen LogP contribution in [0.25, 0.3) is 11.3 Å². The molecule has 0 saturated heterocycles. The molecular weight excluding hydrogens is 382 g/mol. The molecule has 126 valence electrons. The normalized spacial score (nSPS) is 10.4. The first kappa shape index (κ1) is 18.4. The summed E-state index contributed by atoms with van der Waals surface area (Å²) in [7, 11) is 1.12. The molecule has 2 aromatic rings. The molecule has 0 saturated carbocycles. The largest absolute Gasteiger partial charge is 0.464 e. The lowest BCUT2D eigenvalue weighted by Gasteiger charge is -2.14. The topological polar surface area (TPSA) is 68.3 Å². The van der Waals surface area contributed by atoms with Gasteiger partial charge >= 0.3 is 5.97 Å². The zero-order valence-corrected chi connectivity index (χ0v) is 14.7. The number of carbonyl (C=O) groups excluding carboxylic acids is 2. The van der Waals surface area contributed by atoms with Gasteiger partial charge in [-0.3, -0.25) is 4.79 Å². The Kier molecular flexibility index (Phi) is 5.64. The van der Waals surface area contributed by atoms with Gasteiger partial charge in [-0.05, 0) is 18.2 Å². The molecule has 5 nitrogen and oxygen atoms in total. The van der Waals surface area contributed by atoms with Crippen LogP contribution in [-0.2, 0) is 9.53 Å². The van der Waals surface area contributed by atoms with Crippen LogP contribution in [0.15, 0.2) is 18.2 Å². The highest BCUT2D eigenvalue weighted by atomic mass is 35.5. The Hall–Kier alpha value is -1.89. The van der Waals surface area contributed by atoms with Gasteiger partial charge in [-0.15, -0.1) is 0 Å². The molecule has 0 aliphatic rings. The van der Waals surface area contributed by atoms with E-state index in [-0.39, 0.29) is 32.7 Å². The zero-order chi connectivity index (χ0) is 18.0. The van der Waals surface area contributed by atoms with Crippen molar-refractivity contribution in [3.05, 3.63) is 44.8 Å². The van der Waals surface area contributed by atoms with Crippen LogP contribution in [0, 0.1) is 5.82 Å². The molecule has 0 radical (unpaired) electrons. The molecule has 1 amide bonds. The number of amides is 1. The number of hydrogen-bond acceptors (Lipinski definition) is 4. The number of pyridine rings is 1. The summed E-state index contributed by atoms with van der Waals surface area (Å²) in [6, 6.07) is 4.31. The fourth-order valence-corrected chi connectivity index (χ4v) is 2.67. The van der Waals surface area contributed by atoms with Crippen LogP contribution in [0.5, 0.6) is 0 Å². The van der Waals surface area contributed by atoms with Gasteiger partial charge in [0, 0.05) is 17.5 Å². The van der Waals surface area contributed by atoms with Gasteiger partial charge in [0.1, 0.15) is 16.4 Å². The molecule has 0 atom stereocenters. The number of aromatic nitrogens is 1. The molecule has 1 aromatic carbocycles. The minimum atomic E-state index is -0.938. The van der Waals surface area contributed by atoms with Crippen molar-refractivity contribution >= 4 is 52.4 Å². The number of benzene rings is 1. The molecule has 1 heterocycles. The van der Waals surface area contributed by atoms with Crippen molar-refractivity contribution in [1.29, 1.82) is 0 Å². The highest BCUT2D eigenvalue weighted by Gasteiger charge is 2.25. The number of hydrogen-bond donors (Lipinski definition) is 1. The lowest BCUT2D eigenvalue weighted by atomic mass is 10.1. The number of nitrogens with zero attached hydrogens (tertiary/aromatic N) is 1. The van der Waals surface area contributed by atoms with E-state index >= 15 is 0 Å². The van der Waals surface area contributed by atoms with E-state index in [0.717, 1.165) is 7.11 Å². The van der Waals surface area contributed by atoms with E-state index < -0.39 is 17.7 Å². The first-order valence-corrected chi connectivity index (χ1v) is 7.60. The van der Waals surface area contributed by atoms with Crippen molar-refractivity contribution in [2.24, 2.45) is 0 Å². The van der Waals surface area contributed by atoms with Crippen molar-refractivity contribution in [3.8, 4) is 11.3 Å². The summed E-state index contributed by atoms with van der Waals surface area (Å²) < 4.78 is 19.4. The smallest absolute Gasteiger partial charge is 0.358 e. The number of methoxy groups -OCH3 is 1. The molecular formula is C15H10Cl3FN2O3. The van der Waals surface area contributed by atoms with Gasteiger partial charge in [0.25, 0.3) is 0 Å². The van der Waals surface area contributed by atoms with E-state index in [1.54, 1.807) is 0 Å². The van der Waals surface area contributed by atoms with Crippen molar-refractivity contribution in [2.75, 3.05) is 12.4 Å². The van der Waals surface area contributed by atoms with E-state index in [1.807, 2.05) is 0 Å². The first-order valence-electron chi connectivity index (χ1n) is 6.46. The van der Waals surface area contributed by atoms with Crippen molar-refractivity contribution in [2.45, 2.75) is 6.92 Å². The lowest BCUT2D eigenvalue weighted by Crippen LogP contribution is -2.14. The monoisotopic (exact) mass is 390 g/mol. The third kappa shape index (κ3) is 3.61. The number of ether oxygens (including phenoxy) is 1. The van der Waals surface area contributed by atoms with E-state index in [1.165, 1.54) is 25.1 Å². The summed E-state index contributed by atoms with van der Waals surface area (Å²) in [5.41, 5.74) is -0.844. The van der Waals surface area contributed by atoms with Gasteiger partial charge in [-0.25, -0.2) is 14.2 Å². The summed E-state index contributed by atoms with van der Waals surface area (Å²) in [4.78, 5) is 27.1. The Balaban J connectivity index is 2.79. The molecule has 0 aliphatic heterocycles. The predicted octanol–water partition coefficient (Wildman–Crippen LogP) is 4.59. The van der Waals surface area contributed by atoms with E-state index in [2.05, 4.69) is 15.0 Å². The average molecular weight is 392 g/mol. The first-order chi connectivity index (χ1) is 11.3. The van der Waals surface area contributed by atoms with Crippen LogP contribution in [0.1, 0.15) is 17.4 Å². The zero-order valence-electron chi connectivity index (χ0n) is 12.4. The third-order valence-electron chi connectivity index (χ3n) is 2.94. The Morgan fingerprint density at radius 3 is 2.46 bits per heavy atom. The molecule has 0 spiro atoms. The van der Waals surface area contributed by atoms with Crippen LogP contribution in [-0.4, -0.2) is 24.0 Å². The second-order valence-corrected chi connectivity index (χ2v) is 5.83. The van der Waals surface area contributed by atoms with E-state index in [4.69, 9.17) is 34.8 Å². The van der Waals surface area contributed by atoms with Gasteiger partial charge in [-0.2, -0.15) is 0 Å². The lowest BCUT2D eigenvalue weighted by molar-refractivity contribution is -0.114. The van der Waals surface area contributed by atoms with Crippen LogP contribution >= 0.6 is 34.8 Å². The standard InChI is InChI=1S/C15H10Cl3FN2O3/c1-6(22)20-13-10(18)14(15(23)24-2)21-12(11(13)19)8-4-3-7(16)5-9(8)17/h3-5H,1-2H3,(H,20,21,22). The number of nitrogens with one attached hydrogen (secondary N) is 1. The number of carbonyl (C=O) groups is 2. The molecule has 0 bridgehead atoms. The maximum Gasteiger partial charge on any atom is 0.358 e. The summed E-state index contributed by atoms with van der Waals surface area (Å²) >= 11 is 17.9. The molecule has 0 unspecified atom stereocenters. The number of anilines is 1. The van der Waals surface area contributed by atoms with Gasteiger partial charge in [0.15, 0.2) is 11.5 Å². The highest BCUT2D eigenvalue weighted by molar-refractivity contribution is 6.37. The summed E-state index contributed by atoms with van der Waals surface area (Å²) in [6.07, 6.45) is 0. The average Bonchev–Trinajstić information content (AvgIpc) is 2.51. The third-order valence-corrected chi connectivity index (χ3v) is 3.86. The van der Waals surface area contributed by atoms with Crippen molar-refractivity contribution in [1.82, 2.24) is 4.98 Å². The molecule has 24 heavy (non-hydrogen) atoms. The summed E-state index contributed by atoms with van der Waals surface area (Å²) in [6.45, 7) is 1.17. The van der Waals surface area contributed by atoms with Crippen molar-refractivity contribution < 1.29 is 18.7 Å². The Morgan fingerprint density at radius 1 is 1.25 bits per heavy atom. The van der Waals surface area contributed by atoms with E-state index in [0.29, 0.717) is 5.02 Å².